The van der Waals surface area contributed by atoms with Gasteiger partial charge in [0.1, 0.15) is 11.9 Å². The van der Waals surface area contributed by atoms with Crippen LogP contribution in [-0.4, -0.2) is 48.1 Å². The van der Waals surface area contributed by atoms with Gasteiger partial charge in [0.05, 0.1) is 23.1 Å². The van der Waals surface area contributed by atoms with E-state index in [2.05, 4.69) is 35.5 Å². The number of methoxy groups -OCH3 is 1. The van der Waals surface area contributed by atoms with E-state index in [0.29, 0.717) is 12.5 Å². The van der Waals surface area contributed by atoms with Crippen molar-refractivity contribution >= 4 is 34.4 Å². The standard InChI is InChI=1S/C31H41ClN4O3/c1-6-33-29(37)28(20-10-9-11-20)36-30(38)31(4,18-39-5)21-14-15-25-26(16-21)35-27(34-25)17-23(19(2)3)22-12-7-8-13-24(22)32/h7-8,12-16,19-20,23,28H,6,9-11,17-18H2,1-5H3,(H,33,37)(H,34,35)(H,36,38). The lowest BCUT2D eigenvalue weighted by atomic mass is 9.77. The quantitative estimate of drug-likeness (QED) is 0.275. The number of carbonyl (C=O) groups is 2. The SMILES string of the molecule is CCNC(=O)C(NC(=O)C(C)(COC)c1ccc2nc(CC(c3ccccc3Cl)C(C)C)[nH]c2c1)C1CCC1. The first-order valence-electron chi connectivity index (χ1n) is 14.0. The third-order valence-corrected chi connectivity index (χ3v) is 8.51. The van der Waals surface area contributed by atoms with E-state index in [-0.39, 0.29) is 30.3 Å². The first kappa shape index (κ1) is 29.1. The van der Waals surface area contributed by atoms with Crippen LogP contribution in [0.25, 0.3) is 11.0 Å². The number of amides is 2. The second kappa shape index (κ2) is 12.5. The first-order chi connectivity index (χ1) is 18.7. The highest BCUT2D eigenvalue weighted by atomic mass is 35.5. The summed E-state index contributed by atoms with van der Waals surface area (Å²) in [5.41, 5.74) is 2.64. The van der Waals surface area contributed by atoms with Gasteiger partial charge >= 0.3 is 0 Å². The molecular formula is C31H41ClN4O3. The summed E-state index contributed by atoms with van der Waals surface area (Å²) in [6.07, 6.45) is 3.69. The predicted octanol–water partition coefficient (Wildman–Crippen LogP) is 5.52. The van der Waals surface area contributed by atoms with Crippen LogP contribution < -0.4 is 10.6 Å². The Morgan fingerprint density at radius 3 is 2.56 bits per heavy atom. The number of nitrogens with zero attached hydrogens (tertiary/aromatic N) is 1. The minimum absolute atomic E-state index is 0.123. The molecule has 4 rings (SSSR count). The molecule has 1 aromatic heterocycles. The van der Waals surface area contributed by atoms with Crippen LogP contribution in [0.3, 0.4) is 0 Å². The molecule has 7 nitrogen and oxygen atoms in total. The van der Waals surface area contributed by atoms with Crippen LogP contribution in [0, 0.1) is 11.8 Å². The fraction of sp³-hybridized carbons (Fsp3) is 0.516. The van der Waals surface area contributed by atoms with Crippen LogP contribution in [0.2, 0.25) is 5.02 Å². The van der Waals surface area contributed by atoms with E-state index in [0.717, 1.165) is 58.7 Å². The van der Waals surface area contributed by atoms with Gasteiger partial charge in [0.15, 0.2) is 0 Å². The Balaban J connectivity index is 1.61. The highest BCUT2D eigenvalue weighted by Crippen LogP contribution is 2.34. The van der Waals surface area contributed by atoms with Crippen molar-refractivity contribution in [3.05, 3.63) is 64.4 Å². The zero-order chi connectivity index (χ0) is 28.2. The molecule has 3 aromatic rings. The number of benzene rings is 2. The molecule has 8 heteroatoms. The van der Waals surface area contributed by atoms with Crippen molar-refractivity contribution in [3.63, 3.8) is 0 Å². The van der Waals surface area contributed by atoms with Crippen LogP contribution >= 0.6 is 11.6 Å². The molecule has 0 bridgehead atoms. The molecule has 3 atom stereocenters. The van der Waals surface area contributed by atoms with Crippen LogP contribution in [0.1, 0.15) is 69.8 Å². The number of H-pyrrole nitrogens is 1. The van der Waals surface area contributed by atoms with Gasteiger partial charge in [-0.05, 0) is 73.8 Å². The van der Waals surface area contributed by atoms with Crippen LogP contribution in [0.5, 0.6) is 0 Å². The number of hydrogen-bond donors (Lipinski definition) is 3. The lowest BCUT2D eigenvalue weighted by Gasteiger charge is -2.36. The van der Waals surface area contributed by atoms with Gasteiger partial charge in [-0.15, -0.1) is 0 Å². The monoisotopic (exact) mass is 552 g/mol. The summed E-state index contributed by atoms with van der Waals surface area (Å²) >= 11 is 6.54. The van der Waals surface area contributed by atoms with Gasteiger partial charge in [0.25, 0.3) is 0 Å². The minimum Gasteiger partial charge on any atom is -0.383 e. The van der Waals surface area contributed by atoms with E-state index >= 15 is 0 Å². The topological polar surface area (TPSA) is 96.1 Å². The maximum atomic E-state index is 13.8. The normalized spacial score (nSPS) is 16.9. The Labute approximate surface area is 236 Å². The van der Waals surface area contributed by atoms with Crippen molar-refractivity contribution in [3.8, 4) is 0 Å². The second-order valence-corrected chi connectivity index (χ2v) is 11.7. The second-order valence-electron chi connectivity index (χ2n) is 11.3. The third-order valence-electron chi connectivity index (χ3n) is 8.17. The van der Waals surface area contributed by atoms with E-state index in [9.17, 15) is 9.59 Å². The average Bonchev–Trinajstić information content (AvgIpc) is 3.28. The molecule has 39 heavy (non-hydrogen) atoms. The number of hydrogen-bond acceptors (Lipinski definition) is 4. The molecule has 3 N–H and O–H groups in total. The van der Waals surface area contributed by atoms with E-state index in [4.69, 9.17) is 21.3 Å². The molecule has 2 aromatic carbocycles. The number of aromatic amines is 1. The third kappa shape index (κ3) is 6.30. The molecule has 1 aliphatic rings. The van der Waals surface area contributed by atoms with Gasteiger partial charge in [0, 0.05) is 25.1 Å². The highest BCUT2D eigenvalue weighted by molar-refractivity contribution is 6.31. The smallest absolute Gasteiger partial charge is 0.242 e. The fourth-order valence-electron chi connectivity index (χ4n) is 5.52. The molecule has 1 aliphatic carbocycles. The molecule has 0 aliphatic heterocycles. The molecule has 0 radical (unpaired) electrons. The number of aromatic nitrogens is 2. The van der Waals surface area contributed by atoms with Gasteiger partial charge in [-0.2, -0.15) is 0 Å². The summed E-state index contributed by atoms with van der Waals surface area (Å²) in [7, 11) is 1.59. The zero-order valence-electron chi connectivity index (χ0n) is 23.6. The molecular weight excluding hydrogens is 512 g/mol. The lowest BCUT2D eigenvalue weighted by molar-refractivity contribution is -0.135. The van der Waals surface area contributed by atoms with Gasteiger partial charge in [-0.1, -0.05) is 56.1 Å². The van der Waals surface area contributed by atoms with Crippen LogP contribution in [-0.2, 0) is 26.2 Å². The van der Waals surface area contributed by atoms with Crippen molar-refractivity contribution in [2.24, 2.45) is 11.8 Å². The van der Waals surface area contributed by atoms with Crippen molar-refractivity contribution in [1.29, 1.82) is 0 Å². The van der Waals surface area contributed by atoms with Crippen molar-refractivity contribution in [1.82, 2.24) is 20.6 Å². The van der Waals surface area contributed by atoms with Crippen molar-refractivity contribution in [2.45, 2.75) is 70.8 Å². The van der Waals surface area contributed by atoms with Crippen molar-refractivity contribution < 1.29 is 14.3 Å². The number of fused-ring (bicyclic) bond motifs is 1. The predicted molar refractivity (Wildman–Crippen MR) is 156 cm³/mol. The fourth-order valence-corrected chi connectivity index (χ4v) is 5.79. The average molecular weight is 553 g/mol. The first-order valence-corrected chi connectivity index (χ1v) is 14.4. The Kier molecular flexibility index (Phi) is 9.34. The number of likely N-dealkylation sites (N-methyl/N-ethyl adjacent to an activating group) is 1. The van der Waals surface area contributed by atoms with Gasteiger partial charge < -0.3 is 20.4 Å². The van der Waals surface area contributed by atoms with E-state index in [1.165, 1.54) is 0 Å². The molecule has 3 unspecified atom stereocenters. The van der Waals surface area contributed by atoms with Gasteiger partial charge in [-0.3, -0.25) is 9.59 Å². The molecule has 1 saturated carbocycles. The Hall–Kier alpha value is -2.90. The maximum absolute atomic E-state index is 13.8. The van der Waals surface area contributed by atoms with E-state index in [1.54, 1.807) is 7.11 Å². The van der Waals surface area contributed by atoms with Crippen LogP contribution in [0.4, 0.5) is 0 Å². The molecule has 0 saturated heterocycles. The molecule has 1 fully saturated rings. The summed E-state index contributed by atoms with van der Waals surface area (Å²) in [4.78, 5) is 34.9. The molecule has 2 amide bonds. The zero-order valence-corrected chi connectivity index (χ0v) is 24.4. The number of carbonyl (C=O) groups excluding carboxylic acids is 2. The number of ether oxygens (including phenoxy) is 1. The summed E-state index contributed by atoms with van der Waals surface area (Å²) < 4.78 is 5.53. The van der Waals surface area contributed by atoms with E-state index in [1.807, 2.05) is 50.2 Å². The summed E-state index contributed by atoms with van der Waals surface area (Å²) in [6, 6.07) is 13.3. The number of imidazole rings is 1. The number of nitrogens with one attached hydrogen (secondary N) is 3. The largest absolute Gasteiger partial charge is 0.383 e. The van der Waals surface area contributed by atoms with E-state index < -0.39 is 11.5 Å². The number of rotatable bonds is 12. The Morgan fingerprint density at radius 2 is 1.95 bits per heavy atom. The maximum Gasteiger partial charge on any atom is 0.242 e. The summed E-state index contributed by atoms with van der Waals surface area (Å²) in [6.45, 7) is 8.85. The highest BCUT2D eigenvalue weighted by Gasteiger charge is 2.41. The van der Waals surface area contributed by atoms with Gasteiger partial charge in [0.2, 0.25) is 11.8 Å². The minimum atomic E-state index is -0.985. The molecule has 1 heterocycles. The van der Waals surface area contributed by atoms with Gasteiger partial charge in [-0.25, -0.2) is 4.98 Å². The van der Waals surface area contributed by atoms with Crippen molar-refractivity contribution in [2.75, 3.05) is 20.3 Å². The summed E-state index contributed by atoms with van der Waals surface area (Å²) in [5, 5.41) is 6.72. The molecule has 0 spiro atoms. The lowest BCUT2D eigenvalue weighted by Crippen LogP contribution is -2.57. The van der Waals surface area contributed by atoms with Crippen LogP contribution in [0.15, 0.2) is 42.5 Å². The molecule has 210 valence electrons. The number of halogens is 1. The Morgan fingerprint density at radius 1 is 1.21 bits per heavy atom. The summed E-state index contributed by atoms with van der Waals surface area (Å²) in [5.74, 6) is 1.28. The Bertz CT molecular complexity index is 1300.